The molecule has 0 saturated heterocycles. The van der Waals surface area contributed by atoms with Gasteiger partial charge in [-0.25, -0.2) is 17.2 Å². The fourth-order valence-electron chi connectivity index (χ4n) is 1.82. The van der Waals surface area contributed by atoms with Gasteiger partial charge in [0.25, 0.3) is 10.0 Å². The third kappa shape index (κ3) is 4.68. The van der Waals surface area contributed by atoms with Crippen LogP contribution in [0.2, 0.25) is 0 Å². The quantitative estimate of drug-likeness (QED) is 0.817. The van der Waals surface area contributed by atoms with Crippen LogP contribution in [0, 0.1) is 11.6 Å². The lowest BCUT2D eigenvalue weighted by Gasteiger charge is -2.10. The standard InChI is InChI=1S/C15H14F2N2O3S2/c1-23-9-15(20)18-11-3-5-12(6-4-11)24(21,22)19-14-7-2-10(16)8-13(14)17/h2-8,19H,9H2,1H3,(H,18,20). The van der Waals surface area contributed by atoms with Gasteiger partial charge in [0.05, 0.1) is 16.3 Å². The molecule has 0 unspecified atom stereocenters. The van der Waals surface area contributed by atoms with Crippen LogP contribution in [0.5, 0.6) is 0 Å². The summed E-state index contributed by atoms with van der Waals surface area (Å²) in [7, 11) is -4.03. The molecule has 0 aliphatic rings. The highest BCUT2D eigenvalue weighted by Crippen LogP contribution is 2.21. The lowest BCUT2D eigenvalue weighted by atomic mass is 10.3. The van der Waals surface area contributed by atoms with Gasteiger partial charge in [0, 0.05) is 11.8 Å². The molecule has 2 N–H and O–H groups in total. The molecule has 128 valence electrons. The van der Waals surface area contributed by atoms with Gasteiger partial charge in [-0.2, -0.15) is 11.8 Å². The van der Waals surface area contributed by atoms with Crippen molar-refractivity contribution in [3.8, 4) is 0 Å². The molecule has 1 amide bonds. The van der Waals surface area contributed by atoms with Crippen molar-refractivity contribution in [1.29, 1.82) is 0 Å². The molecule has 0 fully saturated rings. The summed E-state index contributed by atoms with van der Waals surface area (Å²) in [6.07, 6.45) is 1.79. The average molecular weight is 372 g/mol. The molecular formula is C15H14F2N2O3S2. The molecule has 0 radical (unpaired) electrons. The van der Waals surface area contributed by atoms with E-state index in [1.54, 1.807) is 6.26 Å². The van der Waals surface area contributed by atoms with Crippen LogP contribution in [0.1, 0.15) is 0 Å². The van der Waals surface area contributed by atoms with Gasteiger partial charge in [0.1, 0.15) is 11.6 Å². The normalized spacial score (nSPS) is 11.1. The Balaban J connectivity index is 2.16. The minimum Gasteiger partial charge on any atom is -0.325 e. The number of carbonyl (C=O) groups is 1. The number of halogens is 2. The molecule has 0 bridgehead atoms. The zero-order valence-electron chi connectivity index (χ0n) is 12.5. The van der Waals surface area contributed by atoms with Crippen LogP contribution in [-0.4, -0.2) is 26.3 Å². The summed E-state index contributed by atoms with van der Waals surface area (Å²) in [4.78, 5) is 11.3. The Labute approximate surface area is 142 Å². The zero-order valence-corrected chi connectivity index (χ0v) is 14.2. The molecule has 0 aliphatic heterocycles. The Morgan fingerprint density at radius 1 is 1.12 bits per heavy atom. The maximum absolute atomic E-state index is 13.6. The molecule has 0 aliphatic carbocycles. The van der Waals surface area contributed by atoms with Crippen molar-refractivity contribution >= 4 is 39.1 Å². The Bertz CT molecular complexity index is 840. The number of amides is 1. The van der Waals surface area contributed by atoms with E-state index in [4.69, 9.17) is 0 Å². The Morgan fingerprint density at radius 2 is 1.79 bits per heavy atom. The van der Waals surface area contributed by atoms with E-state index in [1.165, 1.54) is 36.0 Å². The highest BCUT2D eigenvalue weighted by atomic mass is 32.2. The number of carbonyl (C=O) groups excluding carboxylic acids is 1. The Kier molecular flexibility index (Phi) is 5.79. The van der Waals surface area contributed by atoms with E-state index in [1.807, 2.05) is 0 Å². The third-order valence-electron chi connectivity index (χ3n) is 2.90. The van der Waals surface area contributed by atoms with E-state index in [0.717, 1.165) is 12.1 Å². The highest BCUT2D eigenvalue weighted by molar-refractivity contribution is 7.99. The van der Waals surface area contributed by atoms with Crippen LogP contribution >= 0.6 is 11.8 Å². The van der Waals surface area contributed by atoms with Crippen molar-refractivity contribution in [2.45, 2.75) is 4.90 Å². The van der Waals surface area contributed by atoms with Crippen LogP contribution in [0.15, 0.2) is 47.4 Å². The first-order chi connectivity index (χ1) is 11.3. The van der Waals surface area contributed by atoms with E-state index < -0.39 is 21.7 Å². The molecule has 0 atom stereocenters. The minimum atomic E-state index is -4.03. The number of benzene rings is 2. The summed E-state index contributed by atoms with van der Waals surface area (Å²) in [5.74, 6) is -1.74. The predicted molar refractivity (Wildman–Crippen MR) is 90.6 cm³/mol. The van der Waals surface area contributed by atoms with Crippen LogP contribution in [0.25, 0.3) is 0 Å². The fourth-order valence-corrected chi connectivity index (χ4v) is 3.22. The molecular weight excluding hydrogens is 358 g/mol. The molecule has 2 aromatic rings. The summed E-state index contributed by atoms with van der Waals surface area (Å²) in [6, 6.07) is 7.94. The van der Waals surface area contributed by atoms with Crippen molar-refractivity contribution in [1.82, 2.24) is 0 Å². The topological polar surface area (TPSA) is 75.3 Å². The highest BCUT2D eigenvalue weighted by Gasteiger charge is 2.16. The number of anilines is 2. The Morgan fingerprint density at radius 3 is 2.38 bits per heavy atom. The van der Waals surface area contributed by atoms with Gasteiger partial charge in [-0.15, -0.1) is 0 Å². The van der Waals surface area contributed by atoms with E-state index in [0.29, 0.717) is 11.8 Å². The number of hydrogen-bond acceptors (Lipinski definition) is 4. The van der Waals surface area contributed by atoms with Gasteiger partial charge < -0.3 is 5.32 Å². The second-order valence-corrected chi connectivity index (χ2v) is 7.28. The summed E-state index contributed by atoms with van der Waals surface area (Å²) in [6.45, 7) is 0. The summed E-state index contributed by atoms with van der Waals surface area (Å²) in [5.41, 5.74) is 0.0923. The molecule has 0 heterocycles. The maximum atomic E-state index is 13.6. The molecule has 2 aromatic carbocycles. The molecule has 24 heavy (non-hydrogen) atoms. The van der Waals surface area contributed by atoms with Gasteiger partial charge in [-0.05, 0) is 42.7 Å². The van der Waals surface area contributed by atoms with E-state index in [-0.39, 0.29) is 22.2 Å². The Hall–Kier alpha value is -2.13. The smallest absolute Gasteiger partial charge is 0.261 e. The van der Waals surface area contributed by atoms with Gasteiger partial charge >= 0.3 is 0 Å². The molecule has 9 heteroatoms. The van der Waals surface area contributed by atoms with Crippen LogP contribution in [0.4, 0.5) is 20.2 Å². The van der Waals surface area contributed by atoms with Crippen molar-refractivity contribution in [2.75, 3.05) is 22.0 Å². The van der Waals surface area contributed by atoms with Crippen molar-refractivity contribution in [3.05, 3.63) is 54.1 Å². The first-order valence-corrected chi connectivity index (χ1v) is 9.56. The monoisotopic (exact) mass is 372 g/mol. The van der Waals surface area contributed by atoms with Crippen molar-refractivity contribution < 1.29 is 22.0 Å². The first kappa shape index (κ1) is 18.2. The SMILES string of the molecule is CSCC(=O)Nc1ccc(S(=O)(=O)Nc2ccc(F)cc2F)cc1. The van der Waals surface area contributed by atoms with Gasteiger partial charge in [0.15, 0.2) is 0 Å². The lowest BCUT2D eigenvalue weighted by Crippen LogP contribution is -2.15. The zero-order chi connectivity index (χ0) is 17.7. The fraction of sp³-hybridized carbons (Fsp3) is 0.133. The lowest BCUT2D eigenvalue weighted by molar-refractivity contribution is -0.113. The first-order valence-electron chi connectivity index (χ1n) is 6.68. The molecule has 0 spiro atoms. The van der Waals surface area contributed by atoms with Gasteiger partial charge in [-0.3, -0.25) is 9.52 Å². The van der Waals surface area contributed by atoms with Crippen LogP contribution in [-0.2, 0) is 14.8 Å². The van der Waals surface area contributed by atoms with Crippen LogP contribution < -0.4 is 10.0 Å². The van der Waals surface area contributed by atoms with Gasteiger partial charge in [0.2, 0.25) is 5.91 Å². The third-order valence-corrected chi connectivity index (χ3v) is 4.83. The second kappa shape index (κ2) is 7.63. The number of nitrogens with one attached hydrogen (secondary N) is 2. The van der Waals surface area contributed by atoms with Crippen molar-refractivity contribution in [2.24, 2.45) is 0 Å². The number of thioether (sulfide) groups is 1. The maximum Gasteiger partial charge on any atom is 0.261 e. The summed E-state index contributed by atoms with van der Waals surface area (Å²) >= 11 is 1.36. The predicted octanol–water partition coefficient (Wildman–Crippen LogP) is 3.07. The average Bonchev–Trinajstić information content (AvgIpc) is 2.51. The molecule has 5 nitrogen and oxygen atoms in total. The summed E-state index contributed by atoms with van der Waals surface area (Å²) < 4.78 is 52.9. The second-order valence-electron chi connectivity index (χ2n) is 4.74. The van der Waals surface area contributed by atoms with Crippen LogP contribution in [0.3, 0.4) is 0 Å². The number of rotatable bonds is 6. The minimum absolute atomic E-state index is 0.117. The van der Waals surface area contributed by atoms with E-state index in [9.17, 15) is 22.0 Å². The van der Waals surface area contributed by atoms with E-state index >= 15 is 0 Å². The van der Waals surface area contributed by atoms with Gasteiger partial charge in [-0.1, -0.05) is 0 Å². The summed E-state index contributed by atoms with van der Waals surface area (Å²) in [5, 5.41) is 2.61. The molecule has 0 saturated carbocycles. The molecule has 0 aromatic heterocycles. The van der Waals surface area contributed by atoms with E-state index in [2.05, 4.69) is 10.0 Å². The number of hydrogen-bond donors (Lipinski definition) is 2. The molecule has 2 rings (SSSR count). The van der Waals surface area contributed by atoms with Crippen molar-refractivity contribution in [3.63, 3.8) is 0 Å². The largest absolute Gasteiger partial charge is 0.325 e. The number of sulfonamides is 1.